The molecule has 2 rings (SSSR count). The zero-order valence-corrected chi connectivity index (χ0v) is 12.0. The predicted octanol–water partition coefficient (Wildman–Crippen LogP) is 1.52. The summed E-state index contributed by atoms with van der Waals surface area (Å²) in [5, 5.41) is 2.62. The van der Waals surface area contributed by atoms with Crippen molar-refractivity contribution in [3.63, 3.8) is 0 Å². The highest BCUT2D eigenvalue weighted by atomic mass is 32.2. The molecule has 0 bridgehead atoms. The van der Waals surface area contributed by atoms with Crippen LogP contribution in [0.4, 0.5) is 0 Å². The Morgan fingerprint density at radius 2 is 1.95 bits per heavy atom. The van der Waals surface area contributed by atoms with Crippen LogP contribution in [0.25, 0.3) is 0 Å². The van der Waals surface area contributed by atoms with Gasteiger partial charge < -0.3 is 10.2 Å². The van der Waals surface area contributed by atoms with Gasteiger partial charge in [0.25, 0.3) is 0 Å². The number of nitrogens with one attached hydrogen (secondary N) is 1. The number of benzene rings is 1. The molecular weight excluding hydrogens is 260 g/mol. The molecule has 4 nitrogen and oxygen atoms in total. The van der Waals surface area contributed by atoms with Crippen LogP contribution in [-0.4, -0.2) is 41.1 Å². The monoisotopic (exact) mass is 278 g/mol. The molecule has 1 aromatic rings. The second-order valence-corrected chi connectivity index (χ2v) is 6.12. The molecule has 5 heteroatoms. The Kier molecular flexibility index (Phi) is 4.14. The van der Waals surface area contributed by atoms with E-state index < -0.39 is 5.54 Å². The maximum absolute atomic E-state index is 11.9. The molecule has 0 unspecified atom stereocenters. The number of hydrogen-bond donors (Lipinski definition) is 1. The van der Waals surface area contributed by atoms with Crippen molar-refractivity contribution in [1.29, 1.82) is 0 Å². The second-order valence-electron chi connectivity index (χ2n) is 4.95. The summed E-state index contributed by atoms with van der Waals surface area (Å²) < 4.78 is 0. The Morgan fingerprint density at radius 3 is 2.63 bits per heavy atom. The van der Waals surface area contributed by atoms with Gasteiger partial charge in [0.15, 0.2) is 0 Å². The third kappa shape index (κ3) is 3.10. The Bertz CT molecular complexity index is 474. The van der Waals surface area contributed by atoms with Crippen molar-refractivity contribution in [1.82, 2.24) is 10.2 Å². The van der Waals surface area contributed by atoms with Crippen LogP contribution in [0.5, 0.6) is 0 Å². The van der Waals surface area contributed by atoms with Crippen molar-refractivity contribution in [3.8, 4) is 0 Å². The van der Waals surface area contributed by atoms with E-state index in [1.165, 1.54) is 4.90 Å². The lowest BCUT2D eigenvalue weighted by Gasteiger charge is -2.41. The minimum atomic E-state index is -0.757. The van der Waals surface area contributed by atoms with Crippen molar-refractivity contribution < 1.29 is 9.59 Å². The van der Waals surface area contributed by atoms with Crippen LogP contribution in [0.3, 0.4) is 0 Å². The summed E-state index contributed by atoms with van der Waals surface area (Å²) in [6.45, 7) is 4.26. The Hall–Kier alpha value is -1.49. The molecule has 1 heterocycles. The number of amides is 2. The molecule has 1 aromatic carbocycles. The second kappa shape index (κ2) is 5.65. The predicted molar refractivity (Wildman–Crippen MR) is 76.0 cm³/mol. The minimum absolute atomic E-state index is 0.0155. The molecular formula is C14H18N2O2S. The van der Waals surface area contributed by atoms with Gasteiger partial charge in [-0.3, -0.25) is 9.59 Å². The number of thioether (sulfide) groups is 1. The van der Waals surface area contributed by atoms with Crippen LogP contribution in [0, 0.1) is 0 Å². The molecule has 0 atom stereocenters. The van der Waals surface area contributed by atoms with Crippen LogP contribution < -0.4 is 5.32 Å². The maximum atomic E-state index is 11.9. The average Bonchev–Trinajstić information content (AvgIpc) is 2.40. The molecule has 1 aliphatic rings. The van der Waals surface area contributed by atoms with E-state index in [1.807, 2.05) is 30.3 Å². The van der Waals surface area contributed by atoms with E-state index in [-0.39, 0.29) is 18.4 Å². The zero-order chi connectivity index (χ0) is 13.9. The largest absolute Gasteiger partial charge is 0.345 e. The summed E-state index contributed by atoms with van der Waals surface area (Å²) in [6.07, 6.45) is 0. The van der Waals surface area contributed by atoms with Gasteiger partial charge in [-0.25, -0.2) is 0 Å². The van der Waals surface area contributed by atoms with Crippen molar-refractivity contribution in [2.75, 3.05) is 18.8 Å². The van der Waals surface area contributed by atoms with Crippen LogP contribution in [-0.2, 0) is 9.59 Å². The van der Waals surface area contributed by atoms with Crippen molar-refractivity contribution in [2.45, 2.75) is 24.3 Å². The van der Waals surface area contributed by atoms with Gasteiger partial charge in [-0.15, -0.1) is 11.8 Å². The number of rotatable bonds is 4. The molecule has 102 valence electrons. The quantitative estimate of drug-likeness (QED) is 0.850. The average molecular weight is 278 g/mol. The fourth-order valence-corrected chi connectivity index (χ4v) is 2.94. The summed E-state index contributed by atoms with van der Waals surface area (Å²) in [5.41, 5.74) is -0.757. The van der Waals surface area contributed by atoms with Gasteiger partial charge >= 0.3 is 0 Å². The molecule has 0 aromatic heterocycles. The lowest BCUT2D eigenvalue weighted by molar-refractivity contribution is -0.150. The third-order valence-electron chi connectivity index (χ3n) is 3.26. The minimum Gasteiger partial charge on any atom is -0.345 e. The molecule has 1 saturated heterocycles. The van der Waals surface area contributed by atoms with E-state index in [9.17, 15) is 9.59 Å². The number of carbonyl (C=O) groups excluding carboxylic acids is 2. The molecule has 2 amide bonds. The first kappa shape index (κ1) is 13.9. The lowest BCUT2D eigenvalue weighted by Crippen LogP contribution is -2.64. The van der Waals surface area contributed by atoms with Gasteiger partial charge in [-0.05, 0) is 26.0 Å². The fraction of sp³-hybridized carbons (Fsp3) is 0.429. The van der Waals surface area contributed by atoms with Crippen molar-refractivity contribution in [3.05, 3.63) is 30.3 Å². The first-order chi connectivity index (χ1) is 9.01. The smallest absolute Gasteiger partial charge is 0.245 e. The molecule has 1 fully saturated rings. The van der Waals surface area contributed by atoms with Crippen LogP contribution in [0.2, 0.25) is 0 Å². The number of carbonyl (C=O) groups is 2. The SMILES string of the molecule is CC1(C)C(=O)NCC(=O)N1CCSc1ccccc1. The number of hydrogen-bond acceptors (Lipinski definition) is 3. The summed E-state index contributed by atoms with van der Waals surface area (Å²) >= 11 is 1.69. The van der Waals surface area contributed by atoms with E-state index in [1.54, 1.807) is 30.5 Å². The Morgan fingerprint density at radius 1 is 1.26 bits per heavy atom. The van der Waals surface area contributed by atoms with Gasteiger partial charge in [0.1, 0.15) is 5.54 Å². The summed E-state index contributed by atoms with van der Waals surface area (Å²) in [7, 11) is 0. The Labute approximate surface area is 117 Å². The maximum Gasteiger partial charge on any atom is 0.245 e. The van der Waals surface area contributed by atoms with Crippen molar-refractivity contribution >= 4 is 23.6 Å². The van der Waals surface area contributed by atoms with Gasteiger partial charge in [-0.2, -0.15) is 0 Å². The van der Waals surface area contributed by atoms with Crippen LogP contribution in [0.15, 0.2) is 35.2 Å². The number of piperazine rings is 1. The molecule has 1 aliphatic heterocycles. The first-order valence-electron chi connectivity index (χ1n) is 6.28. The molecule has 0 saturated carbocycles. The standard InChI is InChI=1S/C14H18N2O2S/c1-14(2)13(18)15-10-12(17)16(14)8-9-19-11-6-4-3-5-7-11/h3-7H,8-10H2,1-2H3,(H,15,18). The highest BCUT2D eigenvalue weighted by molar-refractivity contribution is 7.99. The van der Waals surface area contributed by atoms with E-state index in [4.69, 9.17) is 0 Å². The van der Waals surface area contributed by atoms with E-state index in [0.717, 1.165) is 5.75 Å². The van der Waals surface area contributed by atoms with E-state index in [0.29, 0.717) is 6.54 Å². The molecule has 0 aliphatic carbocycles. The Balaban J connectivity index is 1.94. The van der Waals surface area contributed by atoms with Gasteiger partial charge in [0.05, 0.1) is 6.54 Å². The van der Waals surface area contributed by atoms with Crippen LogP contribution >= 0.6 is 11.8 Å². The highest BCUT2D eigenvalue weighted by Crippen LogP contribution is 2.22. The van der Waals surface area contributed by atoms with Gasteiger partial charge in [0, 0.05) is 17.2 Å². The topological polar surface area (TPSA) is 49.4 Å². The molecule has 0 spiro atoms. The van der Waals surface area contributed by atoms with Crippen molar-refractivity contribution in [2.24, 2.45) is 0 Å². The summed E-state index contributed by atoms with van der Waals surface area (Å²) in [5.74, 6) is 0.682. The summed E-state index contributed by atoms with van der Waals surface area (Å²) in [6, 6.07) is 10.0. The zero-order valence-electron chi connectivity index (χ0n) is 11.2. The van der Waals surface area contributed by atoms with E-state index in [2.05, 4.69) is 5.32 Å². The highest BCUT2D eigenvalue weighted by Gasteiger charge is 2.41. The first-order valence-corrected chi connectivity index (χ1v) is 7.27. The molecule has 0 radical (unpaired) electrons. The van der Waals surface area contributed by atoms with Gasteiger partial charge in [0.2, 0.25) is 11.8 Å². The molecule has 1 N–H and O–H groups in total. The summed E-state index contributed by atoms with van der Waals surface area (Å²) in [4.78, 5) is 26.5. The molecule has 19 heavy (non-hydrogen) atoms. The fourth-order valence-electron chi connectivity index (χ4n) is 2.08. The van der Waals surface area contributed by atoms with Gasteiger partial charge in [-0.1, -0.05) is 18.2 Å². The third-order valence-corrected chi connectivity index (χ3v) is 4.25. The van der Waals surface area contributed by atoms with Crippen LogP contribution in [0.1, 0.15) is 13.8 Å². The van der Waals surface area contributed by atoms with E-state index >= 15 is 0 Å². The lowest BCUT2D eigenvalue weighted by atomic mass is 9.99. The number of nitrogens with zero attached hydrogens (tertiary/aromatic N) is 1. The normalized spacial score (nSPS) is 18.3.